The number of alkyl halides is 1. The van der Waals surface area contributed by atoms with Gasteiger partial charge < -0.3 is 4.90 Å². The van der Waals surface area contributed by atoms with Crippen LogP contribution in [0.15, 0.2) is 60.7 Å². The van der Waals surface area contributed by atoms with Gasteiger partial charge in [-0.15, -0.1) is 11.6 Å². The number of rotatable bonds is 7. The van der Waals surface area contributed by atoms with Gasteiger partial charge in [-0.25, -0.2) is 0 Å². The van der Waals surface area contributed by atoms with E-state index in [-0.39, 0.29) is 48.3 Å². The zero-order valence-electron chi connectivity index (χ0n) is 15.7. The molecule has 1 fully saturated rings. The van der Waals surface area contributed by atoms with Gasteiger partial charge in [-0.3, -0.25) is 14.4 Å². The van der Waals surface area contributed by atoms with Gasteiger partial charge >= 0.3 is 0 Å². The first-order valence-corrected chi connectivity index (χ1v) is 10.2. The fourth-order valence-corrected chi connectivity index (χ4v) is 4.09. The normalized spacial score (nSPS) is 19.2. The highest BCUT2D eigenvalue weighted by atomic mass is 35.5. The third kappa shape index (κ3) is 4.87. The van der Waals surface area contributed by atoms with Gasteiger partial charge in [0.2, 0.25) is 5.91 Å². The molecule has 2 aromatic rings. The Hall–Kier alpha value is -2.46. The van der Waals surface area contributed by atoms with Gasteiger partial charge in [0.05, 0.1) is 0 Å². The Balaban J connectivity index is 1.76. The summed E-state index contributed by atoms with van der Waals surface area (Å²) in [5.41, 5.74) is 1.28. The maximum absolute atomic E-state index is 12.7. The van der Waals surface area contributed by atoms with Crippen LogP contribution < -0.4 is 0 Å². The highest BCUT2D eigenvalue weighted by Gasteiger charge is 2.36. The van der Waals surface area contributed by atoms with Gasteiger partial charge in [0.25, 0.3) is 0 Å². The van der Waals surface area contributed by atoms with E-state index in [4.69, 9.17) is 11.6 Å². The summed E-state index contributed by atoms with van der Waals surface area (Å²) in [7, 11) is 0. The molecule has 3 rings (SSSR count). The summed E-state index contributed by atoms with van der Waals surface area (Å²) in [6, 6.07) is 17.8. The number of carbonyl (C=O) groups excluding carboxylic acids is 3. The van der Waals surface area contributed by atoms with E-state index in [2.05, 4.69) is 0 Å². The number of piperidine rings is 1. The summed E-state index contributed by atoms with van der Waals surface area (Å²) in [4.78, 5) is 39.7. The van der Waals surface area contributed by atoms with Crippen molar-refractivity contribution in [1.29, 1.82) is 0 Å². The summed E-state index contributed by atoms with van der Waals surface area (Å²) >= 11 is 5.86. The van der Waals surface area contributed by atoms with Gasteiger partial charge in [-0.05, 0) is 19.3 Å². The van der Waals surface area contributed by atoms with Crippen LogP contribution in [0, 0.1) is 0 Å². The van der Waals surface area contributed by atoms with Gasteiger partial charge in [-0.1, -0.05) is 60.7 Å². The lowest BCUT2D eigenvalue weighted by Gasteiger charge is -2.42. The van der Waals surface area contributed by atoms with Gasteiger partial charge in [0.1, 0.15) is 5.88 Å². The SMILES string of the molecule is O=C(C[C@H]1CCC[C@@H](CC(=O)c2ccccc2)N1C(=O)CCl)c1ccccc1. The minimum absolute atomic E-state index is 0.00742. The van der Waals surface area contributed by atoms with Crippen LogP contribution in [0.4, 0.5) is 0 Å². The third-order valence-corrected chi connectivity index (χ3v) is 5.53. The standard InChI is InChI=1S/C23H24ClNO3/c24-16-23(28)25-19(14-21(26)17-8-3-1-4-9-17)12-7-13-20(25)15-22(27)18-10-5-2-6-11-18/h1-6,8-11,19-20H,7,12-16H2/t19-,20+. The summed E-state index contributed by atoms with van der Waals surface area (Å²) in [5, 5.41) is 0. The monoisotopic (exact) mass is 397 g/mol. The second-order valence-corrected chi connectivity index (χ2v) is 7.43. The molecule has 5 heteroatoms. The highest BCUT2D eigenvalue weighted by molar-refractivity contribution is 6.27. The molecular weight excluding hydrogens is 374 g/mol. The van der Waals surface area contributed by atoms with Crippen molar-refractivity contribution in [3.05, 3.63) is 71.8 Å². The molecule has 0 bridgehead atoms. The number of halogens is 1. The number of likely N-dealkylation sites (tertiary alicyclic amines) is 1. The number of nitrogens with zero attached hydrogens (tertiary/aromatic N) is 1. The Morgan fingerprint density at radius 1 is 0.786 bits per heavy atom. The molecule has 4 nitrogen and oxygen atoms in total. The molecule has 1 heterocycles. The van der Waals surface area contributed by atoms with Crippen LogP contribution in [-0.4, -0.2) is 40.3 Å². The van der Waals surface area contributed by atoms with E-state index in [0.717, 1.165) is 19.3 Å². The van der Waals surface area contributed by atoms with Crippen molar-refractivity contribution in [3.8, 4) is 0 Å². The lowest BCUT2D eigenvalue weighted by molar-refractivity contribution is -0.135. The third-order valence-electron chi connectivity index (χ3n) is 5.30. The van der Waals surface area contributed by atoms with E-state index >= 15 is 0 Å². The number of ketones is 2. The number of amides is 1. The topological polar surface area (TPSA) is 54.5 Å². The predicted octanol–water partition coefficient (Wildman–Crippen LogP) is 4.52. The van der Waals surface area contributed by atoms with Gasteiger partial charge in [0, 0.05) is 36.1 Å². The number of hydrogen-bond donors (Lipinski definition) is 0. The van der Waals surface area contributed by atoms with E-state index in [1.165, 1.54) is 0 Å². The molecule has 2 atom stereocenters. The van der Waals surface area contributed by atoms with E-state index in [1.54, 1.807) is 29.2 Å². The zero-order valence-corrected chi connectivity index (χ0v) is 16.5. The summed E-state index contributed by atoms with van der Waals surface area (Å²) < 4.78 is 0. The first kappa shape index (κ1) is 20.3. The molecule has 1 aliphatic heterocycles. The van der Waals surface area contributed by atoms with Crippen LogP contribution in [0.3, 0.4) is 0 Å². The number of carbonyl (C=O) groups is 3. The highest BCUT2D eigenvalue weighted by Crippen LogP contribution is 2.29. The van der Waals surface area contributed by atoms with Gasteiger partial charge in [0.15, 0.2) is 11.6 Å². The Morgan fingerprint density at radius 2 is 1.21 bits per heavy atom. The van der Waals surface area contributed by atoms with Crippen molar-refractivity contribution >= 4 is 29.1 Å². The molecule has 0 saturated carbocycles. The number of benzene rings is 2. The van der Waals surface area contributed by atoms with E-state index in [9.17, 15) is 14.4 Å². The second kappa shape index (κ2) is 9.65. The minimum Gasteiger partial charge on any atom is -0.335 e. The molecular formula is C23H24ClNO3. The Bertz CT molecular complexity index is 761. The maximum Gasteiger partial charge on any atom is 0.238 e. The molecule has 0 radical (unpaired) electrons. The zero-order chi connectivity index (χ0) is 19.9. The number of hydrogen-bond acceptors (Lipinski definition) is 3. The average molecular weight is 398 g/mol. The molecule has 1 saturated heterocycles. The van der Waals surface area contributed by atoms with E-state index in [0.29, 0.717) is 11.1 Å². The molecule has 1 aliphatic rings. The van der Waals surface area contributed by atoms with Crippen molar-refractivity contribution in [2.45, 2.75) is 44.2 Å². The molecule has 28 heavy (non-hydrogen) atoms. The van der Waals surface area contributed by atoms with Gasteiger partial charge in [-0.2, -0.15) is 0 Å². The lowest BCUT2D eigenvalue weighted by atomic mass is 9.88. The van der Waals surface area contributed by atoms with Crippen LogP contribution in [0.25, 0.3) is 0 Å². The van der Waals surface area contributed by atoms with Crippen LogP contribution in [0.2, 0.25) is 0 Å². The molecule has 0 aliphatic carbocycles. The largest absolute Gasteiger partial charge is 0.335 e. The van der Waals surface area contributed by atoms with Crippen molar-refractivity contribution in [3.63, 3.8) is 0 Å². The Kier molecular flexibility index (Phi) is 6.99. The van der Waals surface area contributed by atoms with Crippen LogP contribution in [0.5, 0.6) is 0 Å². The molecule has 0 spiro atoms. The van der Waals surface area contributed by atoms with E-state index < -0.39 is 0 Å². The smallest absolute Gasteiger partial charge is 0.238 e. The quantitative estimate of drug-likeness (QED) is 0.509. The van der Waals surface area contributed by atoms with Crippen molar-refractivity contribution in [1.82, 2.24) is 4.90 Å². The fourth-order valence-electron chi connectivity index (χ4n) is 3.95. The summed E-state index contributed by atoms with van der Waals surface area (Å²) in [5.74, 6) is -0.342. The van der Waals surface area contributed by atoms with Crippen LogP contribution in [-0.2, 0) is 4.79 Å². The first-order valence-electron chi connectivity index (χ1n) is 9.63. The predicted molar refractivity (Wildman–Crippen MR) is 110 cm³/mol. The lowest BCUT2D eigenvalue weighted by Crippen LogP contribution is -2.52. The molecule has 0 N–H and O–H groups in total. The molecule has 0 unspecified atom stereocenters. The number of Topliss-reactive ketones (excluding diaryl/α,β-unsaturated/α-hetero) is 2. The van der Waals surface area contributed by atoms with Crippen molar-refractivity contribution in [2.24, 2.45) is 0 Å². The molecule has 146 valence electrons. The Labute approximate surface area is 170 Å². The van der Waals surface area contributed by atoms with Crippen LogP contribution in [0.1, 0.15) is 52.8 Å². The average Bonchev–Trinajstić information content (AvgIpc) is 2.74. The van der Waals surface area contributed by atoms with Crippen LogP contribution >= 0.6 is 11.6 Å². The first-order chi connectivity index (χ1) is 13.6. The van der Waals surface area contributed by atoms with Crippen molar-refractivity contribution in [2.75, 3.05) is 5.88 Å². The second-order valence-electron chi connectivity index (χ2n) is 7.16. The maximum atomic E-state index is 12.7. The molecule has 0 aromatic heterocycles. The van der Waals surface area contributed by atoms with Crippen molar-refractivity contribution < 1.29 is 14.4 Å². The summed E-state index contributed by atoms with van der Waals surface area (Å²) in [6.07, 6.45) is 2.88. The molecule has 2 aromatic carbocycles. The summed E-state index contributed by atoms with van der Waals surface area (Å²) in [6.45, 7) is 0. The Morgan fingerprint density at radius 3 is 1.61 bits per heavy atom. The molecule has 1 amide bonds. The fraction of sp³-hybridized carbons (Fsp3) is 0.348. The van der Waals surface area contributed by atoms with E-state index in [1.807, 2.05) is 36.4 Å². The minimum atomic E-state index is -0.221.